The van der Waals surface area contributed by atoms with Crippen LogP contribution in [0.15, 0.2) is 66.9 Å². The Labute approximate surface area is 723 Å². The van der Waals surface area contributed by atoms with Crippen LogP contribution in [0.3, 0.4) is 0 Å². The third kappa shape index (κ3) is 28.6. The lowest BCUT2D eigenvalue weighted by Gasteiger charge is -2.43. The van der Waals surface area contributed by atoms with Gasteiger partial charge < -0.3 is 89.8 Å². The number of nitrogens with two attached hydrogens (primary N) is 1. The molecule has 0 radical (unpaired) electrons. The van der Waals surface area contributed by atoms with Crippen LogP contribution in [0.25, 0.3) is 0 Å². The number of fused-ring (bicyclic) bond motifs is 2. The van der Waals surface area contributed by atoms with Crippen molar-refractivity contribution in [3.63, 3.8) is 0 Å². The van der Waals surface area contributed by atoms with Crippen molar-refractivity contribution in [3.8, 4) is 17.6 Å². The summed E-state index contributed by atoms with van der Waals surface area (Å²) in [5.74, 6) is 3.82. The van der Waals surface area contributed by atoms with E-state index >= 15 is 0 Å². The van der Waals surface area contributed by atoms with Crippen molar-refractivity contribution in [3.05, 3.63) is 106 Å². The van der Waals surface area contributed by atoms with Crippen LogP contribution in [-0.4, -0.2) is 264 Å². The molecule has 1 aromatic heterocycles. The number of methoxy groups -OCH3 is 1. The number of rotatable bonds is 50. The first-order chi connectivity index (χ1) is 59.9. The number of likely N-dealkylation sites (tertiary alicyclic amines) is 2. The highest BCUT2D eigenvalue weighted by Gasteiger charge is 2.43. The van der Waals surface area contributed by atoms with E-state index in [4.69, 9.17) is 48.6 Å². The van der Waals surface area contributed by atoms with E-state index in [-0.39, 0.29) is 176 Å². The first kappa shape index (κ1) is 95.4. The van der Waals surface area contributed by atoms with Crippen LogP contribution in [0.2, 0.25) is 0 Å². The number of piperidine rings is 2. The number of carbonyl (C=O) groups excluding carboxylic acids is 13. The number of Topliss-reactive ketones (excluding diaryl/α,β-unsaturated/α-hetero) is 2. The van der Waals surface area contributed by atoms with Crippen molar-refractivity contribution in [1.82, 2.24) is 51.3 Å². The first-order valence-corrected chi connectivity index (χ1v) is 43.3. The Balaban J connectivity index is 0.642. The zero-order valence-electron chi connectivity index (χ0n) is 71.8. The van der Waals surface area contributed by atoms with E-state index in [0.29, 0.717) is 168 Å². The topological polar surface area (TPSA) is 436 Å². The third-order valence-electron chi connectivity index (χ3n) is 22.9. The van der Waals surface area contributed by atoms with Crippen LogP contribution in [0.1, 0.15) is 192 Å². The highest BCUT2D eigenvalue weighted by molar-refractivity contribution is 6.07. The fourth-order valence-corrected chi connectivity index (χ4v) is 16.0. The fourth-order valence-electron chi connectivity index (χ4n) is 16.0. The summed E-state index contributed by atoms with van der Waals surface area (Å²) in [4.78, 5) is 186. The molecule has 4 fully saturated rings. The lowest BCUT2D eigenvalue weighted by molar-refractivity contribution is -0.139. The summed E-state index contributed by atoms with van der Waals surface area (Å²) in [7, 11) is 3.36. The summed E-state index contributed by atoms with van der Waals surface area (Å²) in [6.07, 6.45) is 9.80. The Kier molecular flexibility index (Phi) is 37.7. The zero-order chi connectivity index (χ0) is 88.4. The molecule has 12 amide bonds. The molecule has 6 aliphatic rings. The van der Waals surface area contributed by atoms with Gasteiger partial charge in [-0.3, -0.25) is 63.0 Å². The van der Waals surface area contributed by atoms with E-state index in [1.807, 2.05) is 13.0 Å². The largest absolute Gasteiger partial charge is 0.496 e. The molecule has 124 heavy (non-hydrogen) atoms. The van der Waals surface area contributed by atoms with Gasteiger partial charge in [0, 0.05) is 163 Å². The van der Waals surface area contributed by atoms with Crippen molar-refractivity contribution >= 4 is 94.0 Å². The Morgan fingerprint density at radius 2 is 1.41 bits per heavy atom. The molecule has 35 heteroatoms. The Bertz CT molecular complexity index is 4410. The number of ketones is 2. The molecule has 672 valence electrons. The predicted molar refractivity (Wildman–Crippen MR) is 454 cm³/mol. The Morgan fingerprint density at radius 1 is 0.726 bits per heavy atom. The summed E-state index contributed by atoms with van der Waals surface area (Å²) in [5, 5.41) is 16.6. The zero-order valence-corrected chi connectivity index (χ0v) is 71.8. The molecule has 3 saturated heterocycles. The minimum atomic E-state index is -0.925. The smallest absolute Gasteiger partial charge is 0.408 e. The lowest BCUT2D eigenvalue weighted by Crippen LogP contribution is -2.55. The molecule has 5 aliphatic heterocycles. The lowest BCUT2D eigenvalue weighted by atomic mass is 9.89. The van der Waals surface area contributed by atoms with Gasteiger partial charge in [0.2, 0.25) is 41.4 Å². The number of ether oxygens (including phenoxy) is 8. The quantitative estimate of drug-likeness (QED) is 0.0157. The third-order valence-corrected chi connectivity index (χ3v) is 22.9. The number of nitrogens with zero attached hydrogens (tertiary/aromatic N) is 7. The van der Waals surface area contributed by atoms with Gasteiger partial charge in [0.25, 0.3) is 11.8 Å². The van der Waals surface area contributed by atoms with Crippen molar-refractivity contribution < 1.29 is 100 Å². The normalized spacial score (nSPS) is 17.5. The van der Waals surface area contributed by atoms with Crippen molar-refractivity contribution in [2.75, 3.05) is 141 Å². The molecule has 3 aromatic carbocycles. The van der Waals surface area contributed by atoms with Gasteiger partial charge in [-0.1, -0.05) is 69.7 Å². The van der Waals surface area contributed by atoms with E-state index in [9.17, 15) is 62.3 Å². The molecule has 1 aliphatic carbocycles. The standard InChI is InChI=1S/C89H120N14O21/c1-6-71-87(114)99(4)73-55-92-76(96-82(73)103(71)67-14-7-8-15-67)54-61-20-21-63(53-75(61)117-5)84(111)94-66-30-36-100(37-31-66)39-43-119-41-33-65(25-22-60-12-9-17-69-70(60)56-102(86(69)113)72-26-27-77(106)98-85(72)112)95-89(116)124-57-59-18-23-64(24-19-59)93-83(110)62(13-10-35-91-88(90)115)52-74(105)81(58(2)3)97-78(107)34-42-120-45-47-122-49-51-123-50-48-121-46-44-118-40-11-16-68(104)32-38-101-79(108)28-29-80(101)109/h9,12,17-21,23-24,53,55,58,62,65-67,71-72,81H,6-8,10-11,13-16,26-52,54,56-57H2,1-5H3,(H,93,110)(H,94,111)(H,95,116)(H,97,107)(H3,90,91,115)(H,98,106,112)/t62-,65?,71-,72?,81+/m1/s1. The monoisotopic (exact) mass is 1720 g/mol. The molecule has 0 spiro atoms. The summed E-state index contributed by atoms with van der Waals surface area (Å²) < 4.78 is 45.5. The number of alkyl carbamates (subject to hydrolysis) is 1. The van der Waals surface area contributed by atoms with E-state index in [1.54, 1.807) is 93.7 Å². The minimum absolute atomic E-state index is 0.0238. The maximum Gasteiger partial charge on any atom is 0.408 e. The van der Waals surface area contributed by atoms with Crippen molar-refractivity contribution in [1.29, 1.82) is 0 Å². The van der Waals surface area contributed by atoms with Crippen LogP contribution in [0.5, 0.6) is 5.75 Å². The molecule has 8 N–H and O–H groups in total. The van der Waals surface area contributed by atoms with E-state index < -0.39 is 59.8 Å². The van der Waals surface area contributed by atoms with E-state index in [0.717, 1.165) is 42.0 Å². The number of primary amides is 1. The Morgan fingerprint density at radius 3 is 2.08 bits per heavy atom. The van der Waals surface area contributed by atoms with Gasteiger partial charge in [-0.05, 0) is 111 Å². The summed E-state index contributed by atoms with van der Waals surface area (Å²) in [6.45, 7) is 11.3. The number of hydrogen-bond acceptors (Lipinski definition) is 25. The number of carbonyl (C=O) groups is 13. The molecule has 10 rings (SSSR count). The van der Waals surface area contributed by atoms with Gasteiger partial charge in [-0.2, -0.15) is 0 Å². The van der Waals surface area contributed by atoms with Crippen LogP contribution in [-0.2, 0) is 95.9 Å². The minimum Gasteiger partial charge on any atom is -0.496 e. The number of benzene rings is 3. The molecular weight excluding hydrogens is 1600 g/mol. The number of hydrogen-bond donors (Lipinski definition) is 7. The van der Waals surface area contributed by atoms with Crippen LogP contribution >= 0.6 is 0 Å². The van der Waals surface area contributed by atoms with Crippen LogP contribution in [0, 0.1) is 23.7 Å². The highest BCUT2D eigenvalue weighted by atomic mass is 16.6. The number of likely N-dealkylation sites (N-methyl/N-ethyl adjacent to an activating group) is 1. The molecule has 1 saturated carbocycles. The van der Waals surface area contributed by atoms with Gasteiger partial charge in [-0.25, -0.2) is 19.6 Å². The maximum atomic E-state index is 14.0. The number of nitrogens with one attached hydrogen (secondary N) is 6. The number of anilines is 3. The maximum absolute atomic E-state index is 14.0. The van der Waals surface area contributed by atoms with Gasteiger partial charge in [-0.15, -0.1) is 0 Å². The predicted octanol–water partition coefficient (Wildman–Crippen LogP) is 5.75. The molecular formula is C89H120N14O21. The van der Waals surface area contributed by atoms with Gasteiger partial charge in [0.05, 0.1) is 91.5 Å². The summed E-state index contributed by atoms with van der Waals surface area (Å²) in [6, 6.07) is 13.7. The average Bonchev–Trinajstić information content (AvgIpc) is 1.22. The molecule has 0 bridgehead atoms. The van der Waals surface area contributed by atoms with E-state index in [2.05, 4.69) is 58.5 Å². The molecule has 35 nitrogen and oxygen atoms in total. The number of imide groups is 2. The second kappa shape index (κ2) is 49.0. The number of urea groups is 1. The van der Waals surface area contributed by atoms with Crippen LogP contribution in [0.4, 0.5) is 26.8 Å². The molecule has 2 unspecified atom stereocenters. The van der Waals surface area contributed by atoms with Gasteiger partial charge in [0.1, 0.15) is 41.7 Å². The molecule has 5 atom stereocenters. The second-order valence-corrected chi connectivity index (χ2v) is 32.0. The van der Waals surface area contributed by atoms with Gasteiger partial charge >= 0.3 is 12.1 Å². The van der Waals surface area contributed by atoms with Crippen molar-refractivity contribution in [2.45, 2.75) is 199 Å². The average molecular weight is 1720 g/mol. The van der Waals surface area contributed by atoms with E-state index in [1.165, 1.54) is 4.90 Å². The Hall–Kier alpha value is -10.9. The molecule has 6 heterocycles. The summed E-state index contributed by atoms with van der Waals surface area (Å²) in [5.41, 5.74) is 9.74. The first-order valence-electron chi connectivity index (χ1n) is 43.3. The summed E-state index contributed by atoms with van der Waals surface area (Å²) >= 11 is 0. The second-order valence-electron chi connectivity index (χ2n) is 32.0. The molecule has 4 aromatic rings. The van der Waals surface area contributed by atoms with Crippen LogP contribution < -0.4 is 52.2 Å². The highest BCUT2D eigenvalue weighted by Crippen LogP contribution is 2.40. The SMILES string of the molecule is CC[C@@H]1C(=O)N(C)c2cnc(Cc3ccc(C(=O)NC4CCN(CCOCCC(C#Cc5cccc6c5CN(C5CCC(=O)NC5=O)C6=O)NC(=O)OCc5ccc(NC(=O)[C@H](CCCNC(N)=O)CC(=O)[C@@H](NC(=O)CCOCCOCCOCCOCCOCCCC(=O)CCN6C(=O)CCC6=O)C(C)C)cc5)CC4)cc3OC)nc2N1C1CCCC1. The number of amides is 12. The van der Waals surface area contributed by atoms with Crippen molar-refractivity contribution in [2.24, 2.45) is 17.6 Å². The number of aromatic nitrogens is 2. The fraction of sp³-hybridized carbons (Fsp3) is 0.584. The van der Waals surface area contributed by atoms with Gasteiger partial charge in [0.15, 0.2) is 11.6 Å².